The van der Waals surface area contributed by atoms with Crippen LogP contribution in [0.2, 0.25) is 0 Å². The minimum Gasteiger partial charge on any atom is -0.383 e. The zero-order chi connectivity index (χ0) is 16.5. The molecule has 0 unspecified atom stereocenters. The maximum Gasteiger partial charge on any atom is 0.222 e. The second-order valence-electron chi connectivity index (χ2n) is 5.67. The van der Waals surface area contributed by atoms with E-state index in [0.29, 0.717) is 26.1 Å². The molecule has 23 heavy (non-hydrogen) atoms. The van der Waals surface area contributed by atoms with Crippen molar-refractivity contribution >= 4 is 5.91 Å². The summed E-state index contributed by atoms with van der Waals surface area (Å²) in [6.07, 6.45) is 3.53. The number of aromatic nitrogens is 1. The fraction of sp³-hybridized carbons (Fsp3) is 0.421. The van der Waals surface area contributed by atoms with E-state index < -0.39 is 0 Å². The van der Waals surface area contributed by atoms with Crippen LogP contribution in [-0.4, -0.2) is 35.6 Å². The van der Waals surface area contributed by atoms with Crippen molar-refractivity contribution in [1.29, 1.82) is 0 Å². The Morgan fingerprint density at radius 2 is 1.96 bits per heavy atom. The summed E-state index contributed by atoms with van der Waals surface area (Å²) in [6.45, 7) is 4.68. The van der Waals surface area contributed by atoms with Crippen LogP contribution in [0.1, 0.15) is 31.0 Å². The molecule has 0 aliphatic rings. The van der Waals surface area contributed by atoms with Crippen molar-refractivity contribution in [2.45, 2.75) is 32.9 Å². The van der Waals surface area contributed by atoms with Crippen LogP contribution in [0.3, 0.4) is 0 Å². The van der Waals surface area contributed by atoms with E-state index in [1.807, 2.05) is 36.1 Å². The summed E-state index contributed by atoms with van der Waals surface area (Å²) < 4.78 is 7.35. The van der Waals surface area contributed by atoms with Crippen LogP contribution >= 0.6 is 0 Å². The highest BCUT2D eigenvalue weighted by Crippen LogP contribution is 2.12. The molecule has 0 saturated heterocycles. The van der Waals surface area contributed by atoms with Crippen molar-refractivity contribution in [2.24, 2.45) is 0 Å². The predicted octanol–water partition coefficient (Wildman–Crippen LogP) is 3.31. The molecule has 124 valence electrons. The SMILES string of the molecule is CCCC(=O)N(CCOC)Cc1cccn1Cc1ccccc1. The molecule has 0 N–H and O–H groups in total. The lowest BCUT2D eigenvalue weighted by Crippen LogP contribution is -2.34. The van der Waals surface area contributed by atoms with Crippen LogP contribution < -0.4 is 0 Å². The number of amides is 1. The van der Waals surface area contributed by atoms with Gasteiger partial charge in [0, 0.05) is 38.5 Å². The quantitative estimate of drug-likeness (QED) is 0.711. The summed E-state index contributed by atoms with van der Waals surface area (Å²) in [5.74, 6) is 0.192. The van der Waals surface area contributed by atoms with Gasteiger partial charge in [-0.2, -0.15) is 0 Å². The van der Waals surface area contributed by atoms with Crippen molar-refractivity contribution in [1.82, 2.24) is 9.47 Å². The van der Waals surface area contributed by atoms with Crippen molar-refractivity contribution < 1.29 is 9.53 Å². The van der Waals surface area contributed by atoms with Gasteiger partial charge in [0.1, 0.15) is 0 Å². The summed E-state index contributed by atoms with van der Waals surface area (Å²) in [5.41, 5.74) is 2.41. The molecule has 0 saturated carbocycles. The maximum absolute atomic E-state index is 12.3. The number of hydrogen-bond donors (Lipinski definition) is 0. The van der Waals surface area contributed by atoms with E-state index in [9.17, 15) is 4.79 Å². The van der Waals surface area contributed by atoms with Gasteiger partial charge in [-0.1, -0.05) is 37.3 Å². The van der Waals surface area contributed by atoms with Crippen LogP contribution in [0, 0.1) is 0 Å². The minimum absolute atomic E-state index is 0.192. The lowest BCUT2D eigenvalue weighted by molar-refractivity contribution is -0.132. The first kappa shape index (κ1) is 17.3. The molecule has 0 spiro atoms. The molecule has 0 aliphatic carbocycles. The van der Waals surface area contributed by atoms with Crippen molar-refractivity contribution in [3.63, 3.8) is 0 Å². The number of carbonyl (C=O) groups excluding carboxylic acids is 1. The molecule has 1 heterocycles. The summed E-state index contributed by atoms with van der Waals surface area (Å²) in [5, 5.41) is 0. The van der Waals surface area contributed by atoms with Crippen LogP contribution in [0.5, 0.6) is 0 Å². The van der Waals surface area contributed by atoms with Crippen LogP contribution in [0.25, 0.3) is 0 Å². The number of carbonyl (C=O) groups is 1. The van der Waals surface area contributed by atoms with Crippen LogP contribution in [0.15, 0.2) is 48.7 Å². The molecule has 1 amide bonds. The second kappa shape index (κ2) is 9.16. The molecule has 0 atom stereocenters. The number of rotatable bonds is 9. The van der Waals surface area contributed by atoms with E-state index in [1.165, 1.54) is 5.56 Å². The molecule has 2 rings (SSSR count). The normalized spacial score (nSPS) is 10.7. The monoisotopic (exact) mass is 314 g/mol. The highest BCUT2D eigenvalue weighted by Gasteiger charge is 2.14. The van der Waals surface area contributed by atoms with Crippen molar-refractivity contribution in [3.05, 3.63) is 59.9 Å². The van der Waals surface area contributed by atoms with E-state index in [4.69, 9.17) is 4.74 Å². The highest BCUT2D eigenvalue weighted by atomic mass is 16.5. The molecular formula is C19H26N2O2. The number of benzene rings is 1. The van der Waals surface area contributed by atoms with Gasteiger partial charge in [-0.25, -0.2) is 0 Å². The lowest BCUT2D eigenvalue weighted by Gasteiger charge is -2.23. The minimum atomic E-state index is 0.192. The Morgan fingerprint density at radius 1 is 1.17 bits per heavy atom. The van der Waals surface area contributed by atoms with Gasteiger partial charge in [0.25, 0.3) is 0 Å². The molecule has 1 aromatic carbocycles. The zero-order valence-electron chi connectivity index (χ0n) is 14.1. The first-order chi connectivity index (χ1) is 11.2. The fourth-order valence-electron chi connectivity index (χ4n) is 2.59. The number of ether oxygens (including phenoxy) is 1. The number of hydrogen-bond acceptors (Lipinski definition) is 2. The van der Waals surface area contributed by atoms with Crippen molar-refractivity contribution in [3.8, 4) is 0 Å². The van der Waals surface area contributed by atoms with Gasteiger partial charge >= 0.3 is 0 Å². The third-order valence-electron chi connectivity index (χ3n) is 3.85. The average molecular weight is 314 g/mol. The fourth-order valence-corrected chi connectivity index (χ4v) is 2.59. The third kappa shape index (κ3) is 5.25. The maximum atomic E-state index is 12.3. The number of methoxy groups -OCH3 is 1. The smallest absolute Gasteiger partial charge is 0.222 e. The first-order valence-corrected chi connectivity index (χ1v) is 8.19. The summed E-state index contributed by atoms with van der Waals surface area (Å²) in [6, 6.07) is 14.5. The molecule has 0 radical (unpaired) electrons. The largest absolute Gasteiger partial charge is 0.383 e. The average Bonchev–Trinajstić information content (AvgIpc) is 2.99. The lowest BCUT2D eigenvalue weighted by atomic mass is 10.2. The summed E-state index contributed by atoms with van der Waals surface area (Å²) >= 11 is 0. The van der Waals surface area contributed by atoms with E-state index >= 15 is 0 Å². The molecule has 4 nitrogen and oxygen atoms in total. The van der Waals surface area contributed by atoms with Gasteiger partial charge in [-0.05, 0) is 24.1 Å². The molecule has 2 aromatic rings. The molecule has 0 bridgehead atoms. The molecular weight excluding hydrogens is 288 g/mol. The molecule has 0 aliphatic heterocycles. The molecule has 4 heteroatoms. The van der Waals surface area contributed by atoms with Gasteiger partial charge in [-0.3, -0.25) is 4.79 Å². The molecule has 1 aromatic heterocycles. The zero-order valence-corrected chi connectivity index (χ0v) is 14.1. The van der Waals surface area contributed by atoms with Crippen LogP contribution in [-0.2, 0) is 22.6 Å². The Morgan fingerprint density at radius 3 is 2.65 bits per heavy atom. The van der Waals surface area contributed by atoms with Gasteiger partial charge in [0.05, 0.1) is 13.2 Å². The predicted molar refractivity (Wildman–Crippen MR) is 92.2 cm³/mol. The van der Waals surface area contributed by atoms with E-state index in [0.717, 1.165) is 18.7 Å². The summed E-state index contributed by atoms with van der Waals surface area (Å²) in [7, 11) is 1.67. The summed E-state index contributed by atoms with van der Waals surface area (Å²) in [4.78, 5) is 14.2. The van der Waals surface area contributed by atoms with Gasteiger partial charge in [0.2, 0.25) is 5.91 Å². The van der Waals surface area contributed by atoms with Crippen molar-refractivity contribution in [2.75, 3.05) is 20.3 Å². The van der Waals surface area contributed by atoms with E-state index in [1.54, 1.807) is 7.11 Å². The second-order valence-corrected chi connectivity index (χ2v) is 5.67. The molecule has 0 fully saturated rings. The Balaban J connectivity index is 2.07. The first-order valence-electron chi connectivity index (χ1n) is 8.19. The Kier molecular flexibility index (Phi) is 6.88. The standard InChI is InChI=1S/C19H26N2O2/c1-3-8-19(22)21(13-14-23-2)16-18-11-7-12-20(18)15-17-9-5-4-6-10-17/h4-7,9-12H,3,8,13-16H2,1-2H3. The Bertz CT molecular complexity index is 592. The van der Waals surface area contributed by atoms with Crippen LogP contribution in [0.4, 0.5) is 0 Å². The van der Waals surface area contributed by atoms with E-state index in [-0.39, 0.29) is 5.91 Å². The van der Waals surface area contributed by atoms with E-state index in [2.05, 4.69) is 29.0 Å². The highest BCUT2D eigenvalue weighted by molar-refractivity contribution is 5.76. The van der Waals surface area contributed by atoms with Gasteiger partial charge < -0.3 is 14.2 Å². The topological polar surface area (TPSA) is 34.5 Å². The van der Waals surface area contributed by atoms with Gasteiger partial charge in [-0.15, -0.1) is 0 Å². The Labute approximate surface area is 138 Å². The Hall–Kier alpha value is -2.07. The number of nitrogens with zero attached hydrogens (tertiary/aromatic N) is 2. The third-order valence-corrected chi connectivity index (χ3v) is 3.85. The van der Waals surface area contributed by atoms with Gasteiger partial charge in [0.15, 0.2) is 0 Å².